The SMILES string of the molecule is CCNC(COc1ccccc1CO)(C(=O)OC)C1CC1. The molecule has 2 N–H and O–H groups in total. The molecule has 0 aliphatic heterocycles. The number of hydrogen-bond donors (Lipinski definition) is 2. The van der Waals surface area contributed by atoms with Crippen LogP contribution in [0.5, 0.6) is 5.75 Å². The number of aliphatic hydroxyl groups is 1. The molecule has 0 amide bonds. The number of rotatable bonds is 8. The monoisotopic (exact) mass is 293 g/mol. The molecule has 0 spiro atoms. The molecular weight excluding hydrogens is 270 g/mol. The Morgan fingerprint density at radius 2 is 2.14 bits per heavy atom. The number of likely N-dealkylation sites (N-methyl/N-ethyl adjacent to an activating group) is 1. The van der Waals surface area contributed by atoms with Gasteiger partial charge in [0.2, 0.25) is 0 Å². The maximum absolute atomic E-state index is 12.3. The number of para-hydroxylation sites is 1. The van der Waals surface area contributed by atoms with Crippen LogP contribution in [0.4, 0.5) is 0 Å². The Morgan fingerprint density at radius 1 is 1.43 bits per heavy atom. The van der Waals surface area contributed by atoms with Crippen LogP contribution >= 0.6 is 0 Å². The standard InChI is InChI=1S/C16H23NO4/c1-3-17-16(13-8-9-13,15(19)20-2)11-21-14-7-5-4-6-12(14)10-18/h4-7,13,17-18H,3,8-11H2,1-2H3. The van der Waals surface area contributed by atoms with E-state index in [1.165, 1.54) is 7.11 Å². The van der Waals surface area contributed by atoms with Gasteiger partial charge >= 0.3 is 5.97 Å². The van der Waals surface area contributed by atoms with Crippen LogP contribution in [0.2, 0.25) is 0 Å². The smallest absolute Gasteiger partial charge is 0.329 e. The summed E-state index contributed by atoms with van der Waals surface area (Å²) >= 11 is 0. The summed E-state index contributed by atoms with van der Waals surface area (Å²) in [5.74, 6) is 0.561. The molecule has 1 atom stereocenters. The molecule has 1 aromatic rings. The molecular formula is C16H23NO4. The number of aliphatic hydroxyl groups excluding tert-OH is 1. The van der Waals surface area contributed by atoms with Gasteiger partial charge in [-0.3, -0.25) is 5.32 Å². The molecule has 1 fully saturated rings. The van der Waals surface area contributed by atoms with Crippen molar-refractivity contribution in [2.45, 2.75) is 31.9 Å². The van der Waals surface area contributed by atoms with Gasteiger partial charge in [0.05, 0.1) is 13.7 Å². The van der Waals surface area contributed by atoms with Crippen LogP contribution < -0.4 is 10.1 Å². The predicted octanol–water partition coefficient (Wildman–Crippen LogP) is 1.49. The summed E-state index contributed by atoms with van der Waals surface area (Å²) in [6.07, 6.45) is 1.99. The van der Waals surface area contributed by atoms with E-state index in [9.17, 15) is 9.90 Å². The Hall–Kier alpha value is -1.59. The van der Waals surface area contributed by atoms with Crippen molar-refractivity contribution < 1.29 is 19.4 Å². The predicted molar refractivity (Wildman–Crippen MR) is 79.0 cm³/mol. The van der Waals surface area contributed by atoms with E-state index in [4.69, 9.17) is 9.47 Å². The first kappa shape index (κ1) is 15.8. The highest BCUT2D eigenvalue weighted by Gasteiger charge is 2.52. The summed E-state index contributed by atoms with van der Waals surface area (Å²) in [7, 11) is 1.40. The van der Waals surface area contributed by atoms with Crippen molar-refractivity contribution in [1.29, 1.82) is 0 Å². The molecule has 0 radical (unpaired) electrons. The Morgan fingerprint density at radius 3 is 2.71 bits per heavy atom. The first-order valence-corrected chi connectivity index (χ1v) is 7.33. The number of nitrogens with one attached hydrogen (secondary N) is 1. The van der Waals surface area contributed by atoms with Crippen LogP contribution in [0, 0.1) is 5.92 Å². The van der Waals surface area contributed by atoms with Crippen LogP contribution in [0.1, 0.15) is 25.3 Å². The van der Waals surface area contributed by atoms with Crippen LogP contribution in [-0.4, -0.2) is 36.9 Å². The van der Waals surface area contributed by atoms with Gasteiger partial charge in [-0.25, -0.2) is 4.79 Å². The molecule has 1 unspecified atom stereocenters. The van der Waals surface area contributed by atoms with Gasteiger partial charge in [0.25, 0.3) is 0 Å². The summed E-state index contributed by atoms with van der Waals surface area (Å²) in [5.41, 5.74) is -0.0879. The number of esters is 1. The molecule has 1 aliphatic rings. The van der Waals surface area contributed by atoms with Gasteiger partial charge in [-0.1, -0.05) is 25.1 Å². The zero-order chi connectivity index (χ0) is 15.3. The lowest BCUT2D eigenvalue weighted by molar-refractivity contribution is -0.151. The van der Waals surface area contributed by atoms with E-state index < -0.39 is 5.54 Å². The van der Waals surface area contributed by atoms with Crippen molar-refractivity contribution in [3.05, 3.63) is 29.8 Å². The second-order valence-corrected chi connectivity index (χ2v) is 5.32. The fourth-order valence-electron chi connectivity index (χ4n) is 2.65. The Bertz CT molecular complexity index is 487. The van der Waals surface area contributed by atoms with Crippen molar-refractivity contribution in [2.24, 2.45) is 5.92 Å². The maximum atomic E-state index is 12.3. The molecule has 2 rings (SSSR count). The number of hydrogen-bond acceptors (Lipinski definition) is 5. The Kier molecular flexibility index (Phi) is 5.20. The maximum Gasteiger partial charge on any atom is 0.329 e. The number of benzene rings is 1. The lowest BCUT2D eigenvalue weighted by Crippen LogP contribution is -2.58. The highest BCUT2D eigenvalue weighted by atomic mass is 16.5. The summed E-state index contributed by atoms with van der Waals surface area (Å²) in [5, 5.41) is 12.6. The minimum atomic E-state index is -0.800. The van der Waals surface area contributed by atoms with Gasteiger partial charge in [0, 0.05) is 5.56 Å². The number of ether oxygens (including phenoxy) is 2. The third-order valence-electron chi connectivity index (χ3n) is 3.91. The van der Waals surface area contributed by atoms with E-state index >= 15 is 0 Å². The van der Waals surface area contributed by atoms with Crippen molar-refractivity contribution in [2.75, 3.05) is 20.3 Å². The van der Waals surface area contributed by atoms with Gasteiger partial charge < -0.3 is 14.6 Å². The van der Waals surface area contributed by atoms with Gasteiger partial charge in [0.1, 0.15) is 12.4 Å². The summed E-state index contributed by atoms with van der Waals surface area (Å²) in [4.78, 5) is 12.3. The van der Waals surface area contributed by atoms with Crippen LogP contribution in [0.15, 0.2) is 24.3 Å². The molecule has 0 bridgehead atoms. The molecule has 0 heterocycles. The zero-order valence-corrected chi connectivity index (χ0v) is 12.6. The second-order valence-electron chi connectivity index (χ2n) is 5.32. The van der Waals surface area contributed by atoms with Crippen molar-refractivity contribution in [3.8, 4) is 5.75 Å². The summed E-state index contributed by atoms with van der Waals surface area (Å²) < 4.78 is 10.8. The van der Waals surface area contributed by atoms with Crippen LogP contribution in [-0.2, 0) is 16.1 Å². The first-order chi connectivity index (χ1) is 10.2. The molecule has 5 nitrogen and oxygen atoms in total. The van der Waals surface area contributed by atoms with Crippen molar-refractivity contribution in [3.63, 3.8) is 0 Å². The van der Waals surface area contributed by atoms with Gasteiger partial charge in [-0.15, -0.1) is 0 Å². The number of carbonyl (C=O) groups excluding carboxylic acids is 1. The largest absolute Gasteiger partial charge is 0.491 e. The summed E-state index contributed by atoms with van der Waals surface area (Å²) in [6.45, 7) is 2.74. The van der Waals surface area contributed by atoms with E-state index in [-0.39, 0.29) is 25.1 Å². The lowest BCUT2D eigenvalue weighted by atomic mass is 9.94. The minimum Gasteiger partial charge on any atom is -0.491 e. The fraction of sp³-hybridized carbons (Fsp3) is 0.562. The van der Waals surface area contributed by atoms with Crippen molar-refractivity contribution >= 4 is 5.97 Å². The second kappa shape index (κ2) is 6.91. The van der Waals surface area contributed by atoms with E-state index in [0.717, 1.165) is 12.8 Å². The minimum absolute atomic E-state index is 0.0912. The molecule has 5 heteroatoms. The zero-order valence-electron chi connectivity index (χ0n) is 12.6. The third kappa shape index (κ3) is 3.36. The van der Waals surface area contributed by atoms with E-state index in [2.05, 4.69) is 5.32 Å². The fourth-order valence-corrected chi connectivity index (χ4v) is 2.65. The Balaban J connectivity index is 2.17. The van der Waals surface area contributed by atoms with E-state index in [1.807, 2.05) is 19.1 Å². The third-order valence-corrected chi connectivity index (χ3v) is 3.91. The number of carbonyl (C=O) groups is 1. The first-order valence-electron chi connectivity index (χ1n) is 7.33. The molecule has 0 saturated heterocycles. The van der Waals surface area contributed by atoms with Gasteiger partial charge in [-0.05, 0) is 31.4 Å². The molecule has 0 aromatic heterocycles. The quantitative estimate of drug-likeness (QED) is 0.711. The lowest BCUT2D eigenvalue weighted by Gasteiger charge is -2.32. The molecule has 116 valence electrons. The molecule has 1 aromatic carbocycles. The van der Waals surface area contributed by atoms with Crippen LogP contribution in [0.3, 0.4) is 0 Å². The average molecular weight is 293 g/mol. The Labute approximate surface area is 125 Å². The van der Waals surface area contributed by atoms with Crippen LogP contribution in [0.25, 0.3) is 0 Å². The topological polar surface area (TPSA) is 67.8 Å². The highest BCUT2D eigenvalue weighted by molar-refractivity contribution is 5.82. The molecule has 21 heavy (non-hydrogen) atoms. The average Bonchev–Trinajstić information content (AvgIpc) is 3.36. The summed E-state index contributed by atoms with van der Waals surface area (Å²) in [6, 6.07) is 7.29. The van der Waals surface area contributed by atoms with Gasteiger partial charge in [-0.2, -0.15) is 0 Å². The number of methoxy groups -OCH3 is 1. The van der Waals surface area contributed by atoms with Gasteiger partial charge in [0.15, 0.2) is 5.54 Å². The highest BCUT2D eigenvalue weighted by Crippen LogP contribution is 2.41. The molecule has 1 saturated carbocycles. The normalized spacial score (nSPS) is 17.1. The van der Waals surface area contributed by atoms with E-state index in [0.29, 0.717) is 17.9 Å². The molecule has 1 aliphatic carbocycles. The van der Waals surface area contributed by atoms with Crippen molar-refractivity contribution in [1.82, 2.24) is 5.32 Å². The van der Waals surface area contributed by atoms with E-state index in [1.54, 1.807) is 12.1 Å².